The summed E-state index contributed by atoms with van der Waals surface area (Å²) in [5.74, 6) is 1.03. The van der Waals surface area contributed by atoms with Gasteiger partial charge in [-0.2, -0.15) is 0 Å². The second-order valence-corrected chi connectivity index (χ2v) is 11.3. The first kappa shape index (κ1) is 25.9. The topological polar surface area (TPSA) is 21.6 Å². The number of hydrogen-bond acceptors (Lipinski definition) is 2. The third kappa shape index (κ3) is 6.12. The van der Waals surface area contributed by atoms with Crippen molar-refractivity contribution in [2.24, 2.45) is 4.99 Å². The molecular formula is C33H36NOP. The molecule has 3 heteroatoms. The van der Waals surface area contributed by atoms with Crippen LogP contribution in [0.3, 0.4) is 0 Å². The van der Waals surface area contributed by atoms with E-state index in [9.17, 15) is 0 Å². The zero-order valence-corrected chi connectivity index (χ0v) is 22.8. The lowest BCUT2D eigenvalue weighted by Crippen LogP contribution is -2.23. The van der Waals surface area contributed by atoms with Crippen LogP contribution in [-0.2, 0) is 18.2 Å². The summed E-state index contributed by atoms with van der Waals surface area (Å²) in [5.41, 5.74) is 7.52. The molecule has 0 amide bonds. The highest BCUT2D eigenvalue weighted by Gasteiger charge is 2.31. The quantitative estimate of drug-likeness (QED) is 0.163. The van der Waals surface area contributed by atoms with E-state index < -0.39 is 0 Å². The highest BCUT2D eigenvalue weighted by molar-refractivity contribution is 7.49. The predicted octanol–water partition coefficient (Wildman–Crippen LogP) is 7.84. The van der Waals surface area contributed by atoms with E-state index in [2.05, 4.69) is 117 Å². The van der Waals surface area contributed by atoms with Crippen LogP contribution in [0, 0.1) is 6.92 Å². The Morgan fingerprint density at radius 2 is 1.50 bits per heavy atom. The normalized spacial score (nSPS) is 13.3. The van der Waals surface area contributed by atoms with Gasteiger partial charge in [0.2, 0.25) is 0 Å². The first-order valence-electron chi connectivity index (χ1n) is 12.7. The standard InChI is InChI=1S/C33H36NOP/c1-5-33(3,36-32-25(2)14-12-20-29(32)23-34-4)30-21-13-19-28(22-26-15-8-6-9-16-26)31(30)35-24-27-17-10-7-11-18-27/h6-21,23,36H,5,22,24H2,1-4H3/b34-23+. The van der Waals surface area contributed by atoms with E-state index in [1.165, 1.54) is 38.7 Å². The molecule has 4 aromatic carbocycles. The van der Waals surface area contributed by atoms with Gasteiger partial charge in [-0.15, -0.1) is 0 Å². The van der Waals surface area contributed by atoms with Gasteiger partial charge in [0.05, 0.1) is 0 Å². The second kappa shape index (κ2) is 12.2. The molecule has 0 saturated carbocycles. The van der Waals surface area contributed by atoms with Crippen molar-refractivity contribution >= 4 is 20.1 Å². The molecule has 2 unspecified atom stereocenters. The zero-order valence-electron chi connectivity index (χ0n) is 21.8. The number of aryl methyl sites for hydroxylation is 1. The van der Waals surface area contributed by atoms with Crippen LogP contribution in [0.15, 0.2) is 102 Å². The maximum atomic E-state index is 6.70. The minimum Gasteiger partial charge on any atom is -0.488 e. The Morgan fingerprint density at radius 3 is 2.17 bits per heavy atom. The Labute approximate surface area is 218 Å². The highest BCUT2D eigenvalue weighted by atomic mass is 31.1. The molecule has 0 aromatic heterocycles. The Balaban J connectivity index is 1.78. The Bertz CT molecular complexity index is 1300. The van der Waals surface area contributed by atoms with Gasteiger partial charge in [0.1, 0.15) is 12.4 Å². The molecule has 0 bridgehead atoms. The Kier molecular flexibility index (Phi) is 8.73. The van der Waals surface area contributed by atoms with Gasteiger partial charge in [0.25, 0.3) is 0 Å². The Hall–Kier alpha value is -3.22. The lowest BCUT2D eigenvalue weighted by molar-refractivity contribution is 0.297. The summed E-state index contributed by atoms with van der Waals surface area (Å²) in [6.07, 6.45) is 3.85. The molecule has 0 N–H and O–H groups in total. The maximum Gasteiger partial charge on any atom is 0.127 e. The van der Waals surface area contributed by atoms with E-state index in [4.69, 9.17) is 4.74 Å². The minimum absolute atomic E-state index is 0.0683. The summed E-state index contributed by atoms with van der Waals surface area (Å²) < 4.78 is 6.70. The third-order valence-corrected chi connectivity index (χ3v) is 8.94. The van der Waals surface area contributed by atoms with Gasteiger partial charge in [0.15, 0.2) is 0 Å². The van der Waals surface area contributed by atoms with Gasteiger partial charge < -0.3 is 4.74 Å². The van der Waals surface area contributed by atoms with Crippen LogP contribution in [0.25, 0.3) is 0 Å². The fourth-order valence-corrected chi connectivity index (χ4v) is 6.24. The van der Waals surface area contributed by atoms with E-state index in [0.717, 1.165) is 18.6 Å². The predicted molar refractivity (Wildman–Crippen MR) is 157 cm³/mol. The molecule has 4 aromatic rings. The molecule has 0 aliphatic carbocycles. The number of rotatable bonds is 10. The molecule has 0 radical (unpaired) electrons. The summed E-state index contributed by atoms with van der Waals surface area (Å²) in [5, 5.41) is 1.32. The number of nitrogens with zero attached hydrogens (tertiary/aromatic N) is 1. The van der Waals surface area contributed by atoms with E-state index in [1.54, 1.807) is 0 Å². The average molecular weight is 494 g/mol. The number of hydrogen-bond donors (Lipinski definition) is 0. The van der Waals surface area contributed by atoms with Crippen LogP contribution < -0.4 is 10.0 Å². The lowest BCUT2D eigenvalue weighted by atomic mass is 9.92. The smallest absolute Gasteiger partial charge is 0.127 e. The molecule has 0 aliphatic rings. The molecule has 2 nitrogen and oxygen atoms in total. The van der Waals surface area contributed by atoms with Crippen molar-refractivity contribution in [2.75, 3.05) is 7.05 Å². The van der Waals surface area contributed by atoms with Gasteiger partial charge >= 0.3 is 0 Å². The van der Waals surface area contributed by atoms with Crippen LogP contribution in [0.5, 0.6) is 5.75 Å². The van der Waals surface area contributed by atoms with Gasteiger partial charge in [0, 0.05) is 30.4 Å². The number of para-hydroxylation sites is 1. The van der Waals surface area contributed by atoms with Crippen molar-refractivity contribution in [2.45, 2.75) is 45.4 Å². The summed E-state index contributed by atoms with van der Waals surface area (Å²) in [4.78, 5) is 4.33. The molecule has 0 heterocycles. The molecule has 184 valence electrons. The van der Waals surface area contributed by atoms with Gasteiger partial charge in [-0.05, 0) is 46.5 Å². The monoisotopic (exact) mass is 493 g/mol. The van der Waals surface area contributed by atoms with Gasteiger partial charge in [-0.25, -0.2) is 0 Å². The van der Waals surface area contributed by atoms with E-state index >= 15 is 0 Å². The largest absolute Gasteiger partial charge is 0.488 e. The first-order chi connectivity index (χ1) is 17.5. The van der Waals surface area contributed by atoms with Crippen molar-refractivity contribution in [3.63, 3.8) is 0 Å². The summed E-state index contributed by atoms with van der Waals surface area (Å²) >= 11 is 0. The molecule has 0 aliphatic heterocycles. The van der Waals surface area contributed by atoms with Crippen molar-refractivity contribution in [3.8, 4) is 5.75 Å². The lowest BCUT2D eigenvalue weighted by Gasteiger charge is -2.33. The SMILES string of the molecule is CCC(C)(Pc1c(C)cccc1/C=N/C)c1cccc(Cc2ccccc2)c1OCc1ccccc1. The first-order valence-corrected chi connectivity index (χ1v) is 13.7. The molecule has 2 atom stereocenters. The van der Waals surface area contributed by atoms with Crippen LogP contribution in [0.4, 0.5) is 0 Å². The number of benzene rings is 4. The fraction of sp³-hybridized carbons (Fsp3) is 0.242. The van der Waals surface area contributed by atoms with Crippen molar-refractivity contribution < 1.29 is 4.74 Å². The van der Waals surface area contributed by atoms with Crippen molar-refractivity contribution in [3.05, 3.63) is 130 Å². The third-order valence-electron chi connectivity index (χ3n) is 6.84. The van der Waals surface area contributed by atoms with Crippen molar-refractivity contribution in [1.29, 1.82) is 0 Å². The van der Waals surface area contributed by atoms with Gasteiger partial charge in [-0.3, -0.25) is 4.99 Å². The Morgan fingerprint density at radius 1 is 0.833 bits per heavy atom. The fourth-order valence-electron chi connectivity index (χ4n) is 4.60. The van der Waals surface area contributed by atoms with Gasteiger partial charge in [-0.1, -0.05) is 119 Å². The summed E-state index contributed by atoms with van der Waals surface area (Å²) in [7, 11) is 2.44. The second-order valence-electron chi connectivity index (χ2n) is 9.47. The highest BCUT2D eigenvalue weighted by Crippen LogP contribution is 2.49. The number of ether oxygens (including phenoxy) is 1. The van der Waals surface area contributed by atoms with E-state index in [0.29, 0.717) is 15.2 Å². The molecule has 36 heavy (non-hydrogen) atoms. The van der Waals surface area contributed by atoms with Crippen LogP contribution in [0.2, 0.25) is 0 Å². The minimum atomic E-state index is -0.0683. The van der Waals surface area contributed by atoms with E-state index in [-0.39, 0.29) is 5.16 Å². The molecule has 0 saturated heterocycles. The molecule has 0 fully saturated rings. The van der Waals surface area contributed by atoms with Crippen LogP contribution >= 0.6 is 8.58 Å². The summed E-state index contributed by atoms with van der Waals surface area (Å²) in [6, 6.07) is 34.3. The molecular weight excluding hydrogens is 457 g/mol. The zero-order chi connectivity index (χ0) is 25.4. The number of aliphatic imine (C=N–C) groups is 1. The van der Waals surface area contributed by atoms with Crippen LogP contribution in [0.1, 0.15) is 53.6 Å². The maximum absolute atomic E-state index is 6.70. The van der Waals surface area contributed by atoms with Crippen molar-refractivity contribution in [1.82, 2.24) is 0 Å². The van der Waals surface area contributed by atoms with Crippen LogP contribution in [-0.4, -0.2) is 13.3 Å². The van der Waals surface area contributed by atoms with E-state index in [1.807, 2.05) is 19.3 Å². The molecule has 0 spiro atoms. The molecule has 4 rings (SSSR count). The average Bonchev–Trinajstić information content (AvgIpc) is 2.91. The summed E-state index contributed by atoms with van der Waals surface area (Å²) in [6.45, 7) is 7.45.